The molecule has 0 spiro atoms. The zero-order chi connectivity index (χ0) is 10.1. The summed E-state index contributed by atoms with van der Waals surface area (Å²) in [5.41, 5.74) is 0.353. The summed E-state index contributed by atoms with van der Waals surface area (Å²) < 4.78 is 35.5. The van der Waals surface area contributed by atoms with Crippen LogP contribution in [0.1, 0.15) is 5.56 Å². The van der Waals surface area contributed by atoms with E-state index in [9.17, 15) is 12.8 Å². The van der Waals surface area contributed by atoms with Gasteiger partial charge in [-0.2, -0.15) is 0 Å². The highest BCUT2D eigenvalue weighted by Gasteiger charge is 2.13. The van der Waals surface area contributed by atoms with Gasteiger partial charge in [-0.25, -0.2) is 12.8 Å². The molecule has 0 radical (unpaired) electrons. The summed E-state index contributed by atoms with van der Waals surface area (Å²) in [4.78, 5) is 0.181. The lowest BCUT2D eigenvalue weighted by Crippen LogP contribution is -2.02. The molecule has 0 aromatic heterocycles. The lowest BCUT2D eigenvalue weighted by atomic mass is 10.2. The lowest BCUT2D eigenvalue weighted by Gasteiger charge is -2.01. The molecule has 1 aromatic carbocycles. The van der Waals surface area contributed by atoms with Gasteiger partial charge in [0.25, 0.3) is 0 Å². The minimum Gasteiger partial charge on any atom is -0.223 e. The number of benzene rings is 1. The third-order valence-corrected chi connectivity index (χ3v) is 5.35. The van der Waals surface area contributed by atoms with Gasteiger partial charge in [-0.1, -0.05) is 22.6 Å². The quantitative estimate of drug-likeness (QED) is 0.477. The van der Waals surface area contributed by atoms with Gasteiger partial charge in [-0.3, -0.25) is 0 Å². The summed E-state index contributed by atoms with van der Waals surface area (Å²) in [7, 11) is -3.22. The normalized spacial score (nSPS) is 11.6. The van der Waals surface area contributed by atoms with Gasteiger partial charge in [0.05, 0.1) is 4.90 Å². The van der Waals surface area contributed by atoms with Crippen molar-refractivity contribution in [3.63, 3.8) is 0 Å². The van der Waals surface area contributed by atoms with Crippen LogP contribution in [0.3, 0.4) is 0 Å². The van der Waals surface area contributed by atoms with E-state index in [1.807, 2.05) is 0 Å². The Balaban J connectivity index is 3.27. The summed E-state index contributed by atoms with van der Waals surface area (Å²) in [6, 6.07) is 3.81. The zero-order valence-corrected chi connectivity index (χ0v) is 9.89. The first-order chi connectivity index (χ1) is 5.97. The standard InChI is InChI=1S/C8H8FIO2S/c1-6-4-7(2-3-8(6)9)13(11,12)5-10/h2-4H,5H2,1H3. The molecule has 0 N–H and O–H groups in total. The zero-order valence-electron chi connectivity index (χ0n) is 6.92. The number of sulfone groups is 1. The lowest BCUT2D eigenvalue weighted by molar-refractivity contribution is 0.598. The second-order valence-electron chi connectivity index (χ2n) is 2.63. The van der Waals surface area contributed by atoms with E-state index in [0.29, 0.717) is 5.56 Å². The van der Waals surface area contributed by atoms with Gasteiger partial charge in [0.1, 0.15) is 9.58 Å². The Morgan fingerprint density at radius 2 is 2.08 bits per heavy atom. The fourth-order valence-corrected chi connectivity index (χ4v) is 2.71. The van der Waals surface area contributed by atoms with Crippen molar-refractivity contribution in [2.45, 2.75) is 11.8 Å². The van der Waals surface area contributed by atoms with Crippen molar-refractivity contribution in [2.24, 2.45) is 0 Å². The van der Waals surface area contributed by atoms with Crippen molar-refractivity contribution in [1.82, 2.24) is 0 Å². The molecule has 0 saturated carbocycles. The maximum Gasteiger partial charge on any atom is 0.187 e. The highest BCUT2D eigenvalue weighted by Crippen LogP contribution is 2.16. The highest BCUT2D eigenvalue weighted by atomic mass is 127. The van der Waals surface area contributed by atoms with Crippen LogP contribution < -0.4 is 0 Å². The molecule has 5 heteroatoms. The number of hydrogen-bond donors (Lipinski definition) is 0. The maximum atomic E-state index is 12.8. The van der Waals surface area contributed by atoms with Crippen LogP contribution in [0.25, 0.3) is 0 Å². The molecule has 0 atom stereocenters. The van der Waals surface area contributed by atoms with Crippen molar-refractivity contribution in [2.75, 3.05) is 3.76 Å². The van der Waals surface area contributed by atoms with E-state index in [4.69, 9.17) is 0 Å². The van der Waals surface area contributed by atoms with E-state index in [1.54, 1.807) is 29.5 Å². The predicted molar refractivity (Wildman–Crippen MR) is 57.2 cm³/mol. The second kappa shape index (κ2) is 3.91. The topological polar surface area (TPSA) is 34.1 Å². The van der Waals surface area contributed by atoms with Gasteiger partial charge < -0.3 is 0 Å². The first kappa shape index (κ1) is 10.9. The largest absolute Gasteiger partial charge is 0.223 e. The van der Waals surface area contributed by atoms with Crippen LogP contribution in [0.2, 0.25) is 0 Å². The summed E-state index contributed by atoms with van der Waals surface area (Å²) in [6.45, 7) is 1.54. The fraction of sp³-hybridized carbons (Fsp3) is 0.250. The van der Waals surface area contributed by atoms with E-state index in [2.05, 4.69) is 0 Å². The van der Waals surface area contributed by atoms with Crippen molar-refractivity contribution in [3.05, 3.63) is 29.6 Å². The molecular weight excluding hydrogens is 306 g/mol. The van der Waals surface area contributed by atoms with Gasteiger partial charge in [0, 0.05) is 0 Å². The van der Waals surface area contributed by atoms with E-state index in [0.717, 1.165) is 0 Å². The molecular formula is C8H8FIO2S. The number of halogens is 2. The SMILES string of the molecule is Cc1cc(S(=O)(=O)CI)ccc1F. The highest BCUT2D eigenvalue weighted by molar-refractivity contribution is 14.1. The summed E-state index contributed by atoms with van der Waals surface area (Å²) in [5, 5.41) is 0. The number of hydrogen-bond acceptors (Lipinski definition) is 2. The molecule has 0 amide bonds. The van der Waals surface area contributed by atoms with Crippen molar-refractivity contribution >= 4 is 32.4 Å². The van der Waals surface area contributed by atoms with E-state index >= 15 is 0 Å². The first-order valence-electron chi connectivity index (χ1n) is 3.52. The second-order valence-corrected chi connectivity index (χ2v) is 6.42. The molecule has 1 rings (SSSR count). The molecule has 2 nitrogen and oxygen atoms in total. The van der Waals surface area contributed by atoms with Gasteiger partial charge in [0.2, 0.25) is 0 Å². The van der Waals surface area contributed by atoms with Crippen molar-refractivity contribution in [1.29, 1.82) is 0 Å². The molecule has 0 unspecified atom stereocenters. The Bertz CT molecular complexity index is 414. The van der Waals surface area contributed by atoms with E-state index in [1.165, 1.54) is 18.2 Å². The molecule has 0 fully saturated rings. The van der Waals surface area contributed by atoms with Crippen LogP contribution >= 0.6 is 22.6 Å². The van der Waals surface area contributed by atoms with Crippen LogP contribution in [0.15, 0.2) is 23.1 Å². The van der Waals surface area contributed by atoms with Gasteiger partial charge in [-0.15, -0.1) is 0 Å². The average Bonchev–Trinajstić information content (AvgIpc) is 2.09. The monoisotopic (exact) mass is 314 g/mol. The van der Waals surface area contributed by atoms with Crippen molar-refractivity contribution in [3.8, 4) is 0 Å². The predicted octanol–water partition coefficient (Wildman–Crippen LogP) is 2.30. The molecule has 0 aliphatic carbocycles. The Kier molecular flexibility index (Phi) is 3.28. The Morgan fingerprint density at radius 1 is 1.46 bits per heavy atom. The molecule has 0 heterocycles. The van der Waals surface area contributed by atoms with Crippen LogP contribution in [-0.4, -0.2) is 12.2 Å². The van der Waals surface area contributed by atoms with E-state index < -0.39 is 9.84 Å². The van der Waals surface area contributed by atoms with Crippen LogP contribution in [0, 0.1) is 12.7 Å². The van der Waals surface area contributed by atoms with Crippen molar-refractivity contribution < 1.29 is 12.8 Å². The first-order valence-corrected chi connectivity index (χ1v) is 6.70. The van der Waals surface area contributed by atoms with Crippen LogP contribution in [0.5, 0.6) is 0 Å². The van der Waals surface area contributed by atoms with Gasteiger partial charge >= 0.3 is 0 Å². The molecule has 72 valence electrons. The minimum atomic E-state index is -3.22. The summed E-state index contributed by atoms with van der Waals surface area (Å²) in [5.74, 6) is -0.382. The van der Waals surface area contributed by atoms with Crippen LogP contribution in [-0.2, 0) is 9.84 Å². The maximum absolute atomic E-state index is 12.8. The average molecular weight is 314 g/mol. The molecule has 0 aliphatic heterocycles. The third-order valence-electron chi connectivity index (χ3n) is 1.63. The van der Waals surface area contributed by atoms with Crippen LogP contribution in [0.4, 0.5) is 4.39 Å². The number of alkyl halides is 1. The minimum absolute atomic E-state index is 0.00975. The number of aryl methyl sites for hydroxylation is 1. The molecule has 0 saturated heterocycles. The Labute approximate surface area is 90.2 Å². The van der Waals surface area contributed by atoms with Gasteiger partial charge in [-0.05, 0) is 30.7 Å². The Morgan fingerprint density at radius 3 is 2.54 bits per heavy atom. The smallest absolute Gasteiger partial charge is 0.187 e. The third kappa shape index (κ3) is 2.40. The fourth-order valence-electron chi connectivity index (χ4n) is 0.874. The Hall–Kier alpha value is -0.170. The molecule has 1 aromatic rings. The molecule has 0 aliphatic rings. The van der Waals surface area contributed by atoms with E-state index in [-0.39, 0.29) is 14.5 Å². The summed E-state index contributed by atoms with van der Waals surface area (Å²) in [6.07, 6.45) is 0. The number of rotatable bonds is 2. The molecule has 0 bridgehead atoms. The molecule has 13 heavy (non-hydrogen) atoms. The van der Waals surface area contributed by atoms with Gasteiger partial charge in [0.15, 0.2) is 9.84 Å². The summed E-state index contributed by atoms with van der Waals surface area (Å²) >= 11 is 1.77.